The van der Waals surface area contributed by atoms with Crippen molar-refractivity contribution in [1.82, 2.24) is 15.6 Å². The second-order valence-electron chi connectivity index (χ2n) is 7.02. The number of hydrogen-bond donors (Lipinski definition) is 2. The molecule has 0 saturated heterocycles. The quantitative estimate of drug-likeness (QED) is 0.119. The van der Waals surface area contributed by atoms with Gasteiger partial charge in [-0.25, -0.2) is 10.2 Å². The van der Waals surface area contributed by atoms with Crippen LogP contribution >= 0.6 is 34.5 Å². The molecule has 0 radical (unpaired) electrons. The number of rotatable bonds is 6. The number of benzene rings is 3. The maximum absolute atomic E-state index is 12.4. The van der Waals surface area contributed by atoms with Gasteiger partial charge >= 0.3 is 17.8 Å². The van der Waals surface area contributed by atoms with Crippen LogP contribution in [0.1, 0.15) is 15.9 Å². The number of esters is 1. The first kappa shape index (κ1) is 25.0. The molecule has 12 heteroatoms. The number of amides is 2. The standard InChI is InChI=1S/C24H15Cl2N5O4S/c25-16-9-10-18(19(26)12-16)23(34)35-17-8-4-5-14(11-17)13-27-29-21(33)20(32)28-24-31-30-22(36-24)15-6-2-1-3-7-15/h1-13H,(H,29,33)(H,28,31,32)/b27-13+. The van der Waals surface area contributed by atoms with Crippen molar-refractivity contribution in [3.8, 4) is 16.3 Å². The van der Waals surface area contributed by atoms with E-state index in [4.69, 9.17) is 27.9 Å². The molecule has 3 aromatic carbocycles. The Morgan fingerprint density at radius 3 is 2.50 bits per heavy atom. The van der Waals surface area contributed by atoms with E-state index in [0.717, 1.165) is 16.9 Å². The average Bonchev–Trinajstić information content (AvgIpc) is 3.33. The van der Waals surface area contributed by atoms with Crippen molar-refractivity contribution >= 4 is 63.7 Å². The molecule has 0 aliphatic heterocycles. The Labute approximate surface area is 218 Å². The summed E-state index contributed by atoms with van der Waals surface area (Å²) in [5.41, 5.74) is 3.62. The Morgan fingerprint density at radius 1 is 0.917 bits per heavy atom. The van der Waals surface area contributed by atoms with Crippen molar-refractivity contribution in [2.75, 3.05) is 5.32 Å². The van der Waals surface area contributed by atoms with Gasteiger partial charge in [-0.3, -0.25) is 14.9 Å². The highest BCUT2D eigenvalue weighted by atomic mass is 35.5. The van der Waals surface area contributed by atoms with Gasteiger partial charge in [0.25, 0.3) is 0 Å². The predicted octanol–water partition coefficient (Wildman–Crippen LogP) is 4.82. The summed E-state index contributed by atoms with van der Waals surface area (Å²) in [5, 5.41) is 15.3. The van der Waals surface area contributed by atoms with Crippen LogP contribution in [0.3, 0.4) is 0 Å². The van der Waals surface area contributed by atoms with Gasteiger partial charge in [-0.05, 0) is 35.9 Å². The zero-order valence-corrected chi connectivity index (χ0v) is 20.5. The number of halogens is 2. The lowest BCUT2D eigenvalue weighted by Gasteiger charge is -2.06. The van der Waals surface area contributed by atoms with Gasteiger partial charge in [0.2, 0.25) is 5.13 Å². The molecule has 0 aliphatic carbocycles. The Morgan fingerprint density at radius 2 is 1.72 bits per heavy atom. The van der Waals surface area contributed by atoms with E-state index in [1.165, 1.54) is 30.5 Å². The van der Waals surface area contributed by atoms with Crippen LogP contribution in [0.15, 0.2) is 77.9 Å². The highest BCUT2D eigenvalue weighted by molar-refractivity contribution is 7.18. The molecule has 4 rings (SSSR count). The van der Waals surface area contributed by atoms with Gasteiger partial charge in [0.15, 0.2) is 0 Å². The Kier molecular flexibility index (Phi) is 8.01. The number of hydrogen-bond acceptors (Lipinski definition) is 8. The molecule has 2 amide bonds. The molecule has 0 bridgehead atoms. The normalized spacial score (nSPS) is 10.7. The number of ether oxygens (including phenoxy) is 1. The minimum atomic E-state index is -0.998. The highest BCUT2D eigenvalue weighted by Gasteiger charge is 2.16. The first-order chi connectivity index (χ1) is 17.4. The summed E-state index contributed by atoms with van der Waals surface area (Å²) in [6, 6.07) is 20.1. The molecule has 36 heavy (non-hydrogen) atoms. The minimum absolute atomic E-state index is 0.157. The molecule has 2 N–H and O–H groups in total. The lowest BCUT2D eigenvalue weighted by Crippen LogP contribution is -2.32. The Balaban J connectivity index is 1.32. The van der Waals surface area contributed by atoms with E-state index in [1.54, 1.807) is 18.2 Å². The first-order valence-electron chi connectivity index (χ1n) is 10.2. The van der Waals surface area contributed by atoms with E-state index in [-0.39, 0.29) is 21.5 Å². The van der Waals surface area contributed by atoms with E-state index in [1.807, 2.05) is 30.3 Å². The van der Waals surface area contributed by atoms with Crippen LogP contribution < -0.4 is 15.5 Å². The van der Waals surface area contributed by atoms with Crippen molar-refractivity contribution in [2.24, 2.45) is 5.10 Å². The molecular weight excluding hydrogens is 525 g/mol. The number of carbonyl (C=O) groups is 3. The zero-order chi connectivity index (χ0) is 25.5. The van der Waals surface area contributed by atoms with Gasteiger partial charge in [-0.1, -0.05) is 77.0 Å². The average molecular weight is 540 g/mol. The fourth-order valence-corrected chi connectivity index (χ4v) is 4.05. The maximum atomic E-state index is 12.4. The maximum Gasteiger partial charge on any atom is 0.345 e. The lowest BCUT2D eigenvalue weighted by atomic mass is 10.2. The van der Waals surface area contributed by atoms with Crippen molar-refractivity contribution in [3.05, 3.63) is 94.0 Å². The molecule has 0 fully saturated rings. The van der Waals surface area contributed by atoms with E-state index in [0.29, 0.717) is 15.6 Å². The minimum Gasteiger partial charge on any atom is -0.423 e. The van der Waals surface area contributed by atoms with Crippen molar-refractivity contribution in [1.29, 1.82) is 0 Å². The molecule has 0 aliphatic rings. The second kappa shape index (κ2) is 11.5. The van der Waals surface area contributed by atoms with E-state index in [2.05, 4.69) is 26.0 Å². The van der Waals surface area contributed by atoms with Crippen LogP contribution in [-0.2, 0) is 9.59 Å². The second-order valence-corrected chi connectivity index (χ2v) is 8.84. The van der Waals surface area contributed by atoms with Crippen LogP contribution in [-0.4, -0.2) is 34.2 Å². The summed E-state index contributed by atoms with van der Waals surface area (Å²) < 4.78 is 5.34. The molecule has 9 nitrogen and oxygen atoms in total. The van der Waals surface area contributed by atoms with Gasteiger partial charge in [0.1, 0.15) is 10.8 Å². The molecular formula is C24H15Cl2N5O4S. The number of aromatic nitrogens is 2. The summed E-state index contributed by atoms with van der Waals surface area (Å²) in [4.78, 5) is 36.6. The topological polar surface area (TPSA) is 123 Å². The van der Waals surface area contributed by atoms with E-state index >= 15 is 0 Å². The van der Waals surface area contributed by atoms with Gasteiger partial charge in [-0.15, -0.1) is 10.2 Å². The van der Waals surface area contributed by atoms with Gasteiger partial charge in [-0.2, -0.15) is 5.10 Å². The summed E-state index contributed by atoms with van der Waals surface area (Å²) in [6.07, 6.45) is 1.29. The Hall–Kier alpha value is -4.12. The predicted molar refractivity (Wildman–Crippen MR) is 138 cm³/mol. The summed E-state index contributed by atoms with van der Waals surface area (Å²) in [5.74, 6) is -2.39. The van der Waals surface area contributed by atoms with Crippen molar-refractivity contribution < 1.29 is 19.1 Å². The Bertz CT molecular complexity index is 1460. The smallest absolute Gasteiger partial charge is 0.345 e. The van der Waals surface area contributed by atoms with Gasteiger partial charge < -0.3 is 4.74 Å². The number of nitrogens with one attached hydrogen (secondary N) is 2. The van der Waals surface area contributed by atoms with Crippen LogP contribution in [0.4, 0.5) is 5.13 Å². The van der Waals surface area contributed by atoms with E-state index in [9.17, 15) is 14.4 Å². The fourth-order valence-electron chi connectivity index (χ4n) is 2.82. The third-order valence-corrected chi connectivity index (χ3v) is 5.91. The number of carbonyl (C=O) groups excluding carboxylic acids is 3. The van der Waals surface area contributed by atoms with Gasteiger partial charge in [0.05, 0.1) is 16.8 Å². The van der Waals surface area contributed by atoms with Crippen molar-refractivity contribution in [2.45, 2.75) is 0 Å². The largest absolute Gasteiger partial charge is 0.423 e. The highest BCUT2D eigenvalue weighted by Crippen LogP contribution is 2.26. The molecule has 1 aromatic heterocycles. The van der Waals surface area contributed by atoms with Crippen LogP contribution in [0, 0.1) is 0 Å². The summed E-state index contributed by atoms with van der Waals surface area (Å²) in [6.45, 7) is 0. The van der Waals surface area contributed by atoms with E-state index < -0.39 is 17.8 Å². The molecule has 180 valence electrons. The third-order valence-electron chi connectivity index (χ3n) is 4.47. The summed E-state index contributed by atoms with van der Waals surface area (Å²) in [7, 11) is 0. The SMILES string of the molecule is O=C(N/N=C/c1cccc(OC(=O)c2ccc(Cl)cc2Cl)c1)C(=O)Nc1nnc(-c2ccccc2)s1. The number of hydrazone groups is 1. The van der Waals surface area contributed by atoms with Gasteiger partial charge in [0, 0.05) is 10.6 Å². The van der Waals surface area contributed by atoms with Crippen LogP contribution in [0.25, 0.3) is 10.6 Å². The zero-order valence-electron chi connectivity index (χ0n) is 18.1. The molecule has 0 saturated carbocycles. The van der Waals surface area contributed by atoms with Crippen LogP contribution in [0.5, 0.6) is 5.75 Å². The van der Waals surface area contributed by atoms with Crippen LogP contribution in [0.2, 0.25) is 10.0 Å². The molecule has 0 spiro atoms. The number of nitrogens with zero attached hydrogens (tertiary/aromatic N) is 3. The number of anilines is 1. The third kappa shape index (κ3) is 6.51. The lowest BCUT2D eigenvalue weighted by molar-refractivity contribution is -0.136. The summed E-state index contributed by atoms with van der Waals surface area (Å²) >= 11 is 13.0. The van der Waals surface area contributed by atoms with Crippen molar-refractivity contribution in [3.63, 3.8) is 0 Å². The molecule has 0 atom stereocenters. The fraction of sp³-hybridized carbons (Fsp3) is 0. The molecule has 1 heterocycles. The first-order valence-corrected chi connectivity index (χ1v) is 11.8. The molecule has 0 unspecified atom stereocenters. The molecule has 4 aromatic rings. The monoisotopic (exact) mass is 539 g/mol.